The van der Waals surface area contributed by atoms with E-state index in [9.17, 15) is 14.7 Å². The highest BCUT2D eigenvalue weighted by molar-refractivity contribution is 5.78. The SMILES string of the molecule is CCCC(CCC)C(=O)N(C)CCN1CC(c2ccc3c(c2)OCO3)C(C(=O)O)C1c1ccc(OC)cc1. The van der Waals surface area contributed by atoms with Crippen LogP contribution < -0.4 is 14.2 Å². The zero-order valence-electron chi connectivity index (χ0n) is 22.9. The summed E-state index contributed by atoms with van der Waals surface area (Å²) in [5.41, 5.74) is 1.84. The highest BCUT2D eigenvalue weighted by atomic mass is 16.7. The first-order valence-electron chi connectivity index (χ1n) is 13.6. The Kier molecular flexibility index (Phi) is 9.15. The quantitative estimate of drug-likeness (QED) is 0.421. The summed E-state index contributed by atoms with van der Waals surface area (Å²) < 4.78 is 16.4. The number of rotatable bonds is 12. The van der Waals surface area contributed by atoms with Gasteiger partial charge in [-0.2, -0.15) is 0 Å². The van der Waals surface area contributed by atoms with Crippen molar-refractivity contribution in [1.82, 2.24) is 9.80 Å². The van der Waals surface area contributed by atoms with Crippen molar-refractivity contribution in [3.8, 4) is 17.2 Å². The standard InChI is InChI=1S/C30H40N2O6/c1-5-7-21(8-6-2)29(33)31(3)15-16-32-18-24(22-11-14-25-26(17-22)38-19-37-25)27(30(34)35)28(32)20-9-12-23(36-4)13-10-20/h9-14,17,21,24,27-28H,5-8,15-16,18-19H2,1-4H3,(H,34,35). The summed E-state index contributed by atoms with van der Waals surface area (Å²) in [6.07, 6.45) is 3.74. The summed E-state index contributed by atoms with van der Waals surface area (Å²) in [4.78, 5) is 30.0. The number of benzene rings is 2. The minimum absolute atomic E-state index is 0.0408. The summed E-state index contributed by atoms with van der Waals surface area (Å²) >= 11 is 0. The third-order valence-corrected chi connectivity index (χ3v) is 7.89. The number of carbonyl (C=O) groups excluding carboxylic acids is 1. The molecule has 1 amide bonds. The molecule has 3 unspecified atom stereocenters. The van der Waals surface area contributed by atoms with Crippen LogP contribution in [-0.4, -0.2) is 67.4 Å². The van der Waals surface area contributed by atoms with Crippen LogP contribution in [0.3, 0.4) is 0 Å². The summed E-state index contributed by atoms with van der Waals surface area (Å²) in [6.45, 7) is 6.07. The van der Waals surface area contributed by atoms with Crippen molar-refractivity contribution in [3.63, 3.8) is 0 Å². The van der Waals surface area contributed by atoms with E-state index in [1.807, 2.05) is 54.4 Å². The molecule has 0 saturated carbocycles. The number of ether oxygens (including phenoxy) is 3. The Morgan fingerprint density at radius 2 is 1.71 bits per heavy atom. The van der Waals surface area contributed by atoms with Gasteiger partial charge in [0.15, 0.2) is 11.5 Å². The molecule has 2 aliphatic heterocycles. The Morgan fingerprint density at radius 1 is 1.05 bits per heavy atom. The number of likely N-dealkylation sites (N-methyl/N-ethyl adjacent to an activating group) is 1. The van der Waals surface area contributed by atoms with Crippen LogP contribution in [0.4, 0.5) is 0 Å². The number of fused-ring (bicyclic) bond motifs is 1. The molecule has 2 heterocycles. The van der Waals surface area contributed by atoms with Gasteiger partial charge in [-0.1, -0.05) is 44.9 Å². The molecule has 0 aromatic heterocycles. The Bertz CT molecular complexity index is 1100. The fourth-order valence-corrected chi connectivity index (χ4v) is 5.93. The van der Waals surface area contributed by atoms with Crippen molar-refractivity contribution >= 4 is 11.9 Å². The number of carbonyl (C=O) groups is 2. The molecule has 0 bridgehead atoms. The predicted octanol–water partition coefficient (Wildman–Crippen LogP) is 4.94. The van der Waals surface area contributed by atoms with E-state index < -0.39 is 11.9 Å². The summed E-state index contributed by atoms with van der Waals surface area (Å²) in [5, 5.41) is 10.5. The normalized spacial score (nSPS) is 20.6. The Balaban J connectivity index is 1.61. The van der Waals surface area contributed by atoms with Crippen LogP contribution in [0, 0.1) is 11.8 Å². The maximum Gasteiger partial charge on any atom is 0.309 e. The predicted molar refractivity (Wildman–Crippen MR) is 145 cm³/mol. The number of nitrogens with zero attached hydrogens (tertiary/aromatic N) is 2. The third-order valence-electron chi connectivity index (χ3n) is 7.89. The van der Waals surface area contributed by atoms with E-state index in [4.69, 9.17) is 14.2 Å². The van der Waals surface area contributed by atoms with Crippen molar-refractivity contribution in [2.24, 2.45) is 11.8 Å². The van der Waals surface area contributed by atoms with E-state index in [2.05, 4.69) is 18.7 Å². The molecule has 0 aliphatic carbocycles. The van der Waals surface area contributed by atoms with Gasteiger partial charge >= 0.3 is 5.97 Å². The second-order valence-corrected chi connectivity index (χ2v) is 10.3. The molecular weight excluding hydrogens is 484 g/mol. The van der Waals surface area contributed by atoms with Gasteiger partial charge in [0.1, 0.15) is 5.75 Å². The molecule has 3 atom stereocenters. The fourth-order valence-electron chi connectivity index (χ4n) is 5.93. The van der Waals surface area contributed by atoms with Crippen LogP contribution in [-0.2, 0) is 9.59 Å². The third kappa shape index (κ3) is 5.90. The Hall–Kier alpha value is -3.26. The molecule has 206 valence electrons. The number of carboxylic acids is 1. The van der Waals surface area contributed by atoms with Gasteiger partial charge in [-0.3, -0.25) is 14.5 Å². The smallest absolute Gasteiger partial charge is 0.309 e. The van der Waals surface area contributed by atoms with E-state index in [1.165, 1.54) is 0 Å². The zero-order chi connectivity index (χ0) is 27.2. The minimum Gasteiger partial charge on any atom is -0.497 e. The lowest BCUT2D eigenvalue weighted by Gasteiger charge is -2.30. The molecule has 1 fully saturated rings. The van der Waals surface area contributed by atoms with Crippen molar-refractivity contribution in [3.05, 3.63) is 53.6 Å². The van der Waals surface area contributed by atoms with Crippen LogP contribution in [0.1, 0.15) is 62.6 Å². The van der Waals surface area contributed by atoms with Crippen molar-refractivity contribution in [2.75, 3.05) is 40.6 Å². The van der Waals surface area contributed by atoms with E-state index in [0.29, 0.717) is 31.1 Å². The first-order chi connectivity index (χ1) is 18.4. The van der Waals surface area contributed by atoms with Crippen LogP contribution in [0.15, 0.2) is 42.5 Å². The zero-order valence-corrected chi connectivity index (χ0v) is 22.9. The molecule has 1 saturated heterocycles. The van der Waals surface area contributed by atoms with Gasteiger partial charge in [0, 0.05) is 44.6 Å². The average Bonchev–Trinajstić information content (AvgIpc) is 3.55. The largest absolute Gasteiger partial charge is 0.497 e. The molecule has 38 heavy (non-hydrogen) atoms. The number of carboxylic acid groups (broad SMARTS) is 1. The first-order valence-corrected chi connectivity index (χ1v) is 13.6. The van der Waals surface area contributed by atoms with Gasteiger partial charge in [0.25, 0.3) is 0 Å². The molecule has 1 N–H and O–H groups in total. The number of amides is 1. The van der Waals surface area contributed by atoms with Gasteiger partial charge in [0.05, 0.1) is 13.0 Å². The van der Waals surface area contributed by atoms with Crippen molar-refractivity contribution in [1.29, 1.82) is 0 Å². The van der Waals surface area contributed by atoms with Crippen LogP contribution in [0.5, 0.6) is 17.2 Å². The summed E-state index contributed by atoms with van der Waals surface area (Å²) in [7, 11) is 3.48. The molecule has 8 nitrogen and oxygen atoms in total. The number of hydrogen-bond acceptors (Lipinski definition) is 6. The second kappa shape index (κ2) is 12.5. The summed E-state index contributed by atoms with van der Waals surface area (Å²) in [6, 6.07) is 13.0. The van der Waals surface area contributed by atoms with E-state index in [1.54, 1.807) is 7.11 Å². The van der Waals surface area contributed by atoms with E-state index >= 15 is 0 Å². The van der Waals surface area contributed by atoms with Crippen molar-refractivity contribution in [2.45, 2.75) is 51.5 Å². The number of aliphatic carboxylic acids is 1. The van der Waals surface area contributed by atoms with E-state index in [0.717, 1.165) is 42.6 Å². The number of hydrogen-bond donors (Lipinski definition) is 1. The molecule has 2 aromatic carbocycles. The lowest BCUT2D eigenvalue weighted by atomic mass is 9.82. The average molecular weight is 525 g/mol. The molecule has 8 heteroatoms. The minimum atomic E-state index is -0.841. The van der Waals surface area contributed by atoms with Gasteiger partial charge in [-0.05, 0) is 48.2 Å². The highest BCUT2D eigenvalue weighted by Crippen LogP contribution is 2.47. The van der Waals surface area contributed by atoms with Gasteiger partial charge in [-0.25, -0.2) is 0 Å². The fraction of sp³-hybridized carbons (Fsp3) is 0.533. The second-order valence-electron chi connectivity index (χ2n) is 10.3. The maximum atomic E-state index is 13.2. The van der Waals surface area contributed by atoms with Gasteiger partial charge < -0.3 is 24.2 Å². The molecule has 4 rings (SSSR count). The molecule has 2 aromatic rings. The molecular formula is C30H40N2O6. The van der Waals surface area contributed by atoms with Gasteiger partial charge in [-0.15, -0.1) is 0 Å². The highest BCUT2D eigenvalue weighted by Gasteiger charge is 2.47. The van der Waals surface area contributed by atoms with Crippen LogP contribution >= 0.6 is 0 Å². The Morgan fingerprint density at radius 3 is 2.34 bits per heavy atom. The molecule has 2 aliphatic rings. The van der Waals surface area contributed by atoms with Crippen molar-refractivity contribution < 1.29 is 28.9 Å². The first kappa shape index (κ1) is 27.8. The van der Waals surface area contributed by atoms with Crippen LogP contribution in [0.2, 0.25) is 0 Å². The molecule has 0 radical (unpaired) electrons. The molecule has 0 spiro atoms. The lowest BCUT2D eigenvalue weighted by molar-refractivity contribution is -0.143. The van der Waals surface area contributed by atoms with Gasteiger partial charge in [0.2, 0.25) is 12.7 Å². The lowest BCUT2D eigenvalue weighted by Crippen LogP contribution is -2.39. The monoisotopic (exact) mass is 524 g/mol. The number of methoxy groups -OCH3 is 1. The number of likely N-dealkylation sites (tertiary alicyclic amines) is 1. The van der Waals surface area contributed by atoms with Crippen LogP contribution in [0.25, 0.3) is 0 Å². The topological polar surface area (TPSA) is 88.5 Å². The van der Waals surface area contributed by atoms with E-state index in [-0.39, 0.29) is 30.6 Å². The summed E-state index contributed by atoms with van der Waals surface area (Å²) in [5.74, 6) is 0.508. The Labute approximate surface area is 225 Å². The maximum absolute atomic E-state index is 13.2.